The number of benzene rings is 2. The van der Waals surface area contributed by atoms with Crippen molar-refractivity contribution in [3.05, 3.63) is 48.0 Å². The van der Waals surface area contributed by atoms with Crippen LogP contribution in [0.25, 0.3) is 10.8 Å². The Labute approximate surface area is 150 Å². The lowest BCUT2D eigenvalue weighted by Crippen LogP contribution is -2.45. The van der Waals surface area contributed by atoms with Crippen molar-refractivity contribution in [2.75, 3.05) is 33.8 Å². The Kier molecular flexibility index (Phi) is 5.71. The summed E-state index contributed by atoms with van der Waals surface area (Å²) in [5.41, 5.74) is 1.40. The summed E-state index contributed by atoms with van der Waals surface area (Å²) in [5.74, 6) is -0.158. The molecule has 1 atom stereocenters. The summed E-state index contributed by atoms with van der Waals surface area (Å²) in [4.78, 5) is 16.2. The SMILES string of the molecule is COC(=O)CN(C)C1CCN([C@H](C)c2cccc3ccccc23)CC1. The number of ether oxygens (including phenoxy) is 1. The third-order valence-electron chi connectivity index (χ3n) is 5.55. The van der Waals surface area contributed by atoms with E-state index in [2.05, 4.69) is 59.2 Å². The van der Waals surface area contributed by atoms with Crippen molar-refractivity contribution in [2.45, 2.75) is 31.8 Å². The van der Waals surface area contributed by atoms with Crippen molar-refractivity contribution >= 4 is 16.7 Å². The minimum absolute atomic E-state index is 0.158. The molecule has 0 bridgehead atoms. The Morgan fingerprint density at radius 3 is 2.60 bits per heavy atom. The molecule has 1 aliphatic heterocycles. The van der Waals surface area contributed by atoms with Gasteiger partial charge in [0.25, 0.3) is 0 Å². The quantitative estimate of drug-likeness (QED) is 0.780. The molecule has 0 radical (unpaired) electrons. The van der Waals surface area contributed by atoms with Crippen LogP contribution in [0, 0.1) is 0 Å². The lowest BCUT2D eigenvalue weighted by atomic mass is 9.96. The first-order valence-corrected chi connectivity index (χ1v) is 9.09. The first-order chi connectivity index (χ1) is 12.1. The fraction of sp³-hybridized carbons (Fsp3) is 0.476. The largest absolute Gasteiger partial charge is 0.468 e. The number of nitrogens with zero attached hydrogens (tertiary/aromatic N) is 2. The highest BCUT2D eigenvalue weighted by molar-refractivity contribution is 5.86. The third-order valence-corrected chi connectivity index (χ3v) is 5.55. The summed E-state index contributed by atoms with van der Waals surface area (Å²) in [6.45, 7) is 4.79. The summed E-state index contributed by atoms with van der Waals surface area (Å²) in [5, 5.41) is 2.65. The molecule has 0 unspecified atom stereocenters. The standard InChI is InChI=1S/C21H28N2O2/c1-16(19-10-6-8-17-7-4-5-9-20(17)19)23-13-11-18(12-14-23)22(2)15-21(24)25-3/h4-10,16,18H,11-15H2,1-3H3/t16-/m1/s1. The van der Waals surface area contributed by atoms with Crippen molar-refractivity contribution in [3.63, 3.8) is 0 Å². The van der Waals surface area contributed by atoms with E-state index in [0.29, 0.717) is 18.6 Å². The van der Waals surface area contributed by atoms with Crippen molar-refractivity contribution in [1.82, 2.24) is 9.80 Å². The van der Waals surface area contributed by atoms with Crippen molar-refractivity contribution in [2.24, 2.45) is 0 Å². The van der Waals surface area contributed by atoms with Crippen LogP contribution >= 0.6 is 0 Å². The van der Waals surface area contributed by atoms with E-state index in [1.807, 2.05) is 7.05 Å². The van der Waals surface area contributed by atoms with Gasteiger partial charge in [0.1, 0.15) is 0 Å². The fourth-order valence-corrected chi connectivity index (χ4v) is 3.92. The number of likely N-dealkylation sites (N-methyl/N-ethyl adjacent to an activating group) is 1. The molecule has 4 heteroatoms. The van der Waals surface area contributed by atoms with Crippen LogP contribution in [-0.4, -0.2) is 55.6 Å². The second-order valence-electron chi connectivity index (χ2n) is 7.00. The Hall–Kier alpha value is -1.91. The molecular formula is C21H28N2O2. The molecule has 2 aromatic rings. The van der Waals surface area contributed by atoms with Gasteiger partial charge in [-0.05, 0) is 43.1 Å². The van der Waals surface area contributed by atoms with E-state index in [0.717, 1.165) is 25.9 Å². The Morgan fingerprint density at radius 2 is 1.88 bits per heavy atom. The van der Waals surface area contributed by atoms with Gasteiger partial charge < -0.3 is 4.74 Å². The molecule has 1 heterocycles. The zero-order chi connectivity index (χ0) is 17.8. The van der Waals surface area contributed by atoms with Gasteiger partial charge in [-0.2, -0.15) is 0 Å². The second-order valence-corrected chi connectivity index (χ2v) is 7.00. The molecule has 0 aromatic heterocycles. The number of methoxy groups -OCH3 is 1. The number of hydrogen-bond donors (Lipinski definition) is 0. The summed E-state index contributed by atoms with van der Waals surface area (Å²) >= 11 is 0. The summed E-state index contributed by atoms with van der Waals surface area (Å²) in [6.07, 6.45) is 2.17. The van der Waals surface area contributed by atoms with E-state index in [1.165, 1.54) is 23.4 Å². The molecule has 0 saturated carbocycles. The van der Waals surface area contributed by atoms with E-state index >= 15 is 0 Å². The number of esters is 1. The Balaban J connectivity index is 1.65. The number of hydrogen-bond acceptors (Lipinski definition) is 4. The van der Waals surface area contributed by atoms with Gasteiger partial charge in [0, 0.05) is 25.2 Å². The highest BCUT2D eigenvalue weighted by Gasteiger charge is 2.27. The average Bonchev–Trinajstić information content (AvgIpc) is 2.67. The van der Waals surface area contributed by atoms with Crippen LogP contribution in [0.1, 0.15) is 31.4 Å². The van der Waals surface area contributed by atoms with Gasteiger partial charge in [0.05, 0.1) is 13.7 Å². The highest BCUT2D eigenvalue weighted by atomic mass is 16.5. The lowest BCUT2D eigenvalue weighted by molar-refractivity contribution is -0.142. The zero-order valence-electron chi connectivity index (χ0n) is 15.4. The van der Waals surface area contributed by atoms with Crippen molar-refractivity contribution in [1.29, 1.82) is 0 Å². The minimum Gasteiger partial charge on any atom is -0.468 e. The van der Waals surface area contributed by atoms with Crippen LogP contribution in [0.5, 0.6) is 0 Å². The first-order valence-electron chi connectivity index (χ1n) is 9.09. The summed E-state index contributed by atoms with van der Waals surface area (Å²) in [6, 6.07) is 16.1. The predicted octanol–water partition coefficient (Wildman–Crippen LogP) is 3.47. The summed E-state index contributed by atoms with van der Waals surface area (Å²) < 4.78 is 4.78. The molecule has 1 saturated heterocycles. The molecule has 2 aromatic carbocycles. The molecule has 0 spiro atoms. The van der Waals surface area contributed by atoms with Gasteiger partial charge in [-0.3, -0.25) is 14.6 Å². The van der Waals surface area contributed by atoms with Crippen LogP contribution < -0.4 is 0 Å². The number of fused-ring (bicyclic) bond motifs is 1. The maximum Gasteiger partial charge on any atom is 0.319 e. The van der Waals surface area contributed by atoms with Crippen LogP contribution in [-0.2, 0) is 9.53 Å². The van der Waals surface area contributed by atoms with E-state index in [1.54, 1.807) is 0 Å². The molecular weight excluding hydrogens is 312 g/mol. The maximum absolute atomic E-state index is 11.5. The zero-order valence-corrected chi connectivity index (χ0v) is 15.4. The molecule has 0 amide bonds. The van der Waals surface area contributed by atoms with Crippen LogP contribution in [0.15, 0.2) is 42.5 Å². The molecule has 0 aliphatic carbocycles. The van der Waals surface area contributed by atoms with Gasteiger partial charge in [-0.15, -0.1) is 0 Å². The Morgan fingerprint density at radius 1 is 1.20 bits per heavy atom. The topological polar surface area (TPSA) is 32.8 Å². The van der Waals surface area contributed by atoms with E-state index in [-0.39, 0.29) is 5.97 Å². The Bertz CT molecular complexity index is 717. The first kappa shape index (κ1) is 17.9. The van der Waals surface area contributed by atoms with E-state index in [4.69, 9.17) is 4.74 Å². The highest BCUT2D eigenvalue weighted by Crippen LogP contribution is 2.30. The molecule has 4 nitrogen and oxygen atoms in total. The average molecular weight is 340 g/mol. The van der Waals surface area contributed by atoms with E-state index in [9.17, 15) is 4.79 Å². The van der Waals surface area contributed by atoms with Crippen LogP contribution in [0.3, 0.4) is 0 Å². The smallest absolute Gasteiger partial charge is 0.319 e. The molecule has 0 N–H and O–H groups in total. The number of rotatable bonds is 5. The van der Waals surface area contributed by atoms with Crippen molar-refractivity contribution < 1.29 is 9.53 Å². The fourth-order valence-electron chi connectivity index (χ4n) is 3.92. The molecule has 134 valence electrons. The van der Waals surface area contributed by atoms with Crippen LogP contribution in [0.4, 0.5) is 0 Å². The van der Waals surface area contributed by atoms with Gasteiger partial charge in [0.15, 0.2) is 0 Å². The van der Waals surface area contributed by atoms with Gasteiger partial charge >= 0.3 is 5.97 Å². The molecule has 25 heavy (non-hydrogen) atoms. The molecule has 3 rings (SSSR count). The summed E-state index contributed by atoms with van der Waals surface area (Å²) in [7, 11) is 3.47. The van der Waals surface area contributed by atoms with Gasteiger partial charge in [-0.1, -0.05) is 42.5 Å². The predicted molar refractivity (Wildman–Crippen MR) is 102 cm³/mol. The normalized spacial score (nSPS) is 17.8. The second kappa shape index (κ2) is 7.98. The number of piperidine rings is 1. The lowest BCUT2D eigenvalue weighted by Gasteiger charge is -2.39. The monoisotopic (exact) mass is 340 g/mol. The molecule has 1 aliphatic rings. The van der Waals surface area contributed by atoms with Gasteiger partial charge in [-0.25, -0.2) is 0 Å². The number of likely N-dealkylation sites (tertiary alicyclic amines) is 1. The van der Waals surface area contributed by atoms with E-state index < -0.39 is 0 Å². The van der Waals surface area contributed by atoms with Gasteiger partial charge in [0.2, 0.25) is 0 Å². The third kappa shape index (κ3) is 4.02. The van der Waals surface area contributed by atoms with Crippen molar-refractivity contribution in [3.8, 4) is 0 Å². The molecule has 1 fully saturated rings. The number of carbonyl (C=O) groups is 1. The van der Waals surface area contributed by atoms with Crippen LogP contribution in [0.2, 0.25) is 0 Å². The minimum atomic E-state index is -0.158. The maximum atomic E-state index is 11.5. The number of carbonyl (C=O) groups excluding carboxylic acids is 1.